The van der Waals surface area contributed by atoms with Gasteiger partial charge >= 0.3 is 0 Å². The van der Waals surface area contributed by atoms with E-state index in [0.717, 1.165) is 18.4 Å². The van der Waals surface area contributed by atoms with Gasteiger partial charge in [0, 0.05) is 16.7 Å². The first-order valence-electron chi connectivity index (χ1n) is 10.1. The van der Waals surface area contributed by atoms with Gasteiger partial charge in [-0.25, -0.2) is 0 Å². The van der Waals surface area contributed by atoms with Crippen molar-refractivity contribution >= 4 is 35.5 Å². The van der Waals surface area contributed by atoms with E-state index in [4.69, 9.17) is 0 Å². The molecule has 0 amide bonds. The smallest absolute Gasteiger partial charge is 0.190 e. The summed E-state index contributed by atoms with van der Waals surface area (Å²) in [5.41, 5.74) is -1.59. The third kappa shape index (κ3) is 2.67. The van der Waals surface area contributed by atoms with Gasteiger partial charge in [-0.2, -0.15) is 0 Å². The first kappa shape index (κ1) is 22.1. The normalized spacial score (nSPS) is 49.4. The van der Waals surface area contributed by atoms with Crippen molar-refractivity contribution in [2.24, 2.45) is 34.5 Å². The zero-order valence-electron chi connectivity index (χ0n) is 16.7. The van der Waals surface area contributed by atoms with Crippen LogP contribution in [0.15, 0.2) is 23.8 Å². The molecule has 3 saturated carbocycles. The SMILES string of the molecule is C[C@H]1C[C@@H]2[C@H]([C@@H](O)C[C@@]3(C)[C@H]2CC[C@]3(O)C(=O)CO)[C@@]2(C)C=CC(=O)C=C12.I. The standard InChI is InChI=1S/C22H30O5.HI/c1-12-8-14-15-5-7-22(27,18(26)11-23)21(15,3)10-17(25)19(14)20(2)6-4-13(24)9-16(12)20;/h4,6,9,12,14-15,17,19,23,25,27H,5,7-8,10-11H2,1-3H3;1H/t12-,14-,15-,17-,19+,20-,21-,22-;/m0./s1. The molecule has 3 N–H and O–H groups in total. The summed E-state index contributed by atoms with van der Waals surface area (Å²) in [4.78, 5) is 24.4. The summed E-state index contributed by atoms with van der Waals surface area (Å²) >= 11 is 0. The maximum atomic E-state index is 12.4. The Labute approximate surface area is 183 Å². The van der Waals surface area contributed by atoms with Crippen LogP contribution in [0.2, 0.25) is 0 Å². The fraction of sp³-hybridized carbons (Fsp3) is 0.727. The summed E-state index contributed by atoms with van der Waals surface area (Å²) < 4.78 is 0. The lowest BCUT2D eigenvalue weighted by atomic mass is 9.45. The van der Waals surface area contributed by atoms with E-state index in [9.17, 15) is 24.9 Å². The molecule has 6 heteroatoms. The van der Waals surface area contributed by atoms with Crippen molar-refractivity contribution < 1.29 is 24.9 Å². The summed E-state index contributed by atoms with van der Waals surface area (Å²) in [6.45, 7) is 5.48. The fourth-order valence-electron chi connectivity index (χ4n) is 7.34. The molecule has 4 aliphatic carbocycles. The van der Waals surface area contributed by atoms with E-state index in [2.05, 4.69) is 13.8 Å². The minimum absolute atomic E-state index is 0. The lowest BCUT2D eigenvalue weighted by Gasteiger charge is -2.60. The van der Waals surface area contributed by atoms with Crippen LogP contribution >= 0.6 is 24.0 Å². The molecule has 0 spiro atoms. The highest BCUT2D eigenvalue weighted by molar-refractivity contribution is 14.0. The highest BCUT2D eigenvalue weighted by Crippen LogP contribution is 2.67. The van der Waals surface area contributed by atoms with Gasteiger partial charge in [-0.15, -0.1) is 24.0 Å². The maximum absolute atomic E-state index is 12.4. The van der Waals surface area contributed by atoms with E-state index in [1.165, 1.54) is 0 Å². The Bertz CT molecular complexity index is 760. The van der Waals surface area contributed by atoms with E-state index in [-0.39, 0.29) is 58.8 Å². The van der Waals surface area contributed by atoms with Gasteiger partial charge in [0.1, 0.15) is 12.2 Å². The van der Waals surface area contributed by atoms with Crippen molar-refractivity contribution in [1.29, 1.82) is 0 Å². The zero-order chi connectivity index (χ0) is 19.8. The molecule has 0 aromatic rings. The van der Waals surface area contributed by atoms with Gasteiger partial charge in [0.25, 0.3) is 0 Å². The lowest BCUT2D eigenvalue weighted by molar-refractivity contribution is -0.180. The molecule has 0 unspecified atom stereocenters. The predicted octanol–water partition coefficient (Wildman–Crippen LogP) is 2.42. The number of fused-ring (bicyclic) bond motifs is 5. The Morgan fingerprint density at radius 3 is 2.64 bits per heavy atom. The van der Waals surface area contributed by atoms with Gasteiger partial charge < -0.3 is 15.3 Å². The van der Waals surface area contributed by atoms with Crippen molar-refractivity contribution in [2.45, 2.75) is 58.2 Å². The van der Waals surface area contributed by atoms with Crippen molar-refractivity contribution in [2.75, 3.05) is 6.61 Å². The molecule has 0 aromatic heterocycles. The number of allylic oxidation sites excluding steroid dienone is 4. The number of aliphatic hydroxyl groups excluding tert-OH is 2. The van der Waals surface area contributed by atoms with Crippen molar-refractivity contribution in [3.8, 4) is 0 Å². The van der Waals surface area contributed by atoms with E-state index in [1.54, 1.807) is 12.2 Å². The Morgan fingerprint density at radius 1 is 1.32 bits per heavy atom. The first-order chi connectivity index (χ1) is 12.6. The van der Waals surface area contributed by atoms with Gasteiger partial charge in [-0.05, 0) is 55.6 Å². The average molecular weight is 502 g/mol. The maximum Gasteiger partial charge on any atom is 0.190 e. The molecule has 8 atom stereocenters. The van der Waals surface area contributed by atoms with Gasteiger partial charge in [0.2, 0.25) is 0 Å². The molecular weight excluding hydrogens is 471 g/mol. The van der Waals surface area contributed by atoms with Crippen LogP contribution in [0.1, 0.15) is 46.5 Å². The zero-order valence-corrected chi connectivity index (χ0v) is 19.1. The van der Waals surface area contributed by atoms with Gasteiger partial charge in [0.15, 0.2) is 11.6 Å². The molecule has 156 valence electrons. The number of hydrogen-bond donors (Lipinski definition) is 3. The van der Waals surface area contributed by atoms with Crippen LogP contribution in [0.25, 0.3) is 0 Å². The average Bonchev–Trinajstić information content (AvgIpc) is 2.87. The number of carbonyl (C=O) groups excluding carboxylic acids is 2. The molecule has 4 rings (SSSR count). The van der Waals surface area contributed by atoms with Crippen LogP contribution < -0.4 is 0 Å². The molecule has 0 saturated heterocycles. The molecule has 5 nitrogen and oxygen atoms in total. The molecular formula is C22H31IO5. The van der Waals surface area contributed by atoms with Gasteiger partial charge in [-0.1, -0.05) is 32.4 Å². The number of halogens is 1. The van der Waals surface area contributed by atoms with Crippen LogP contribution in [-0.4, -0.2) is 45.2 Å². The quantitative estimate of drug-likeness (QED) is 0.505. The van der Waals surface area contributed by atoms with E-state index in [1.807, 2.05) is 13.0 Å². The van der Waals surface area contributed by atoms with Crippen molar-refractivity contribution in [3.05, 3.63) is 23.8 Å². The number of rotatable bonds is 2. The summed E-state index contributed by atoms with van der Waals surface area (Å²) in [6, 6.07) is 0. The molecule has 0 heterocycles. The number of hydrogen-bond acceptors (Lipinski definition) is 5. The summed E-state index contributed by atoms with van der Waals surface area (Å²) in [7, 11) is 0. The topological polar surface area (TPSA) is 94.8 Å². The second-order valence-electron chi connectivity index (χ2n) is 9.72. The Hall–Kier alpha value is -0.570. The predicted molar refractivity (Wildman–Crippen MR) is 115 cm³/mol. The molecule has 0 bridgehead atoms. The lowest BCUT2D eigenvalue weighted by Crippen LogP contribution is -2.62. The number of Topliss-reactive ketones (excluding diaryl/α,β-unsaturated/α-hetero) is 1. The second kappa shape index (κ2) is 7.00. The Balaban J connectivity index is 0.00000225. The van der Waals surface area contributed by atoms with Crippen LogP contribution in [0.5, 0.6) is 0 Å². The molecule has 0 aliphatic heterocycles. The third-order valence-corrected chi connectivity index (χ3v) is 8.57. The van der Waals surface area contributed by atoms with Gasteiger partial charge in [0.05, 0.1) is 6.10 Å². The summed E-state index contributed by atoms with van der Waals surface area (Å²) in [5, 5.41) is 31.9. The van der Waals surface area contributed by atoms with Crippen LogP contribution in [0.3, 0.4) is 0 Å². The third-order valence-electron chi connectivity index (χ3n) is 8.57. The van der Waals surface area contributed by atoms with Crippen molar-refractivity contribution in [1.82, 2.24) is 0 Å². The number of ketones is 2. The molecule has 28 heavy (non-hydrogen) atoms. The minimum atomic E-state index is -1.57. The summed E-state index contributed by atoms with van der Waals surface area (Å²) in [6.07, 6.45) is 6.87. The minimum Gasteiger partial charge on any atom is -0.393 e. The Morgan fingerprint density at radius 2 is 2.00 bits per heavy atom. The Kier molecular flexibility index (Phi) is 5.53. The number of aliphatic hydroxyl groups is 3. The first-order valence-corrected chi connectivity index (χ1v) is 10.1. The molecule has 0 radical (unpaired) electrons. The van der Waals surface area contributed by atoms with E-state index in [0.29, 0.717) is 12.8 Å². The fourth-order valence-corrected chi connectivity index (χ4v) is 7.34. The highest BCUT2D eigenvalue weighted by Gasteiger charge is 2.68. The molecule has 3 fully saturated rings. The van der Waals surface area contributed by atoms with E-state index >= 15 is 0 Å². The molecule has 0 aromatic carbocycles. The van der Waals surface area contributed by atoms with Crippen LogP contribution in [0, 0.1) is 34.5 Å². The van der Waals surface area contributed by atoms with Gasteiger partial charge in [-0.3, -0.25) is 9.59 Å². The van der Waals surface area contributed by atoms with Crippen LogP contribution in [-0.2, 0) is 9.59 Å². The number of carbonyl (C=O) groups is 2. The molecule has 4 aliphatic rings. The second-order valence-corrected chi connectivity index (χ2v) is 9.72. The summed E-state index contributed by atoms with van der Waals surface area (Å²) in [5.74, 6) is -0.0768. The largest absolute Gasteiger partial charge is 0.393 e. The monoisotopic (exact) mass is 502 g/mol. The van der Waals surface area contributed by atoms with Crippen LogP contribution in [0.4, 0.5) is 0 Å². The highest BCUT2D eigenvalue weighted by atomic mass is 127. The van der Waals surface area contributed by atoms with E-state index < -0.39 is 29.5 Å². The van der Waals surface area contributed by atoms with Crippen molar-refractivity contribution in [3.63, 3.8) is 0 Å².